The number of ether oxygens (including phenoxy) is 1. The molecule has 0 amide bonds. The van der Waals surface area contributed by atoms with Crippen LogP contribution in [-0.2, 0) is 6.42 Å². The van der Waals surface area contributed by atoms with Gasteiger partial charge in [0.15, 0.2) is 0 Å². The molecular formula is C14H25N3O. The third-order valence-corrected chi connectivity index (χ3v) is 2.68. The first-order valence-electron chi connectivity index (χ1n) is 6.58. The molecule has 0 saturated heterocycles. The van der Waals surface area contributed by atoms with Crippen LogP contribution in [0.4, 0.5) is 0 Å². The molecule has 0 bridgehead atoms. The second-order valence-electron chi connectivity index (χ2n) is 4.65. The second kappa shape index (κ2) is 8.06. The summed E-state index contributed by atoms with van der Waals surface area (Å²) in [5.41, 5.74) is 2.09. The maximum atomic E-state index is 5.75. The summed E-state index contributed by atoms with van der Waals surface area (Å²) in [4.78, 5) is 6.64. The van der Waals surface area contributed by atoms with Gasteiger partial charge >= 0.3 is 0 Å². The maximum Gasteiger partial charge on any atom is 0.140 e. The van der Waals surface area contributed by atoms with Gasteiger partial charge in [-0.05, 0) is 39.6 Å². The summed E-state index contributed by atoms with van der Waals surface area (Å²) >= 11 is 0. The number of likely N-dealkylation sites (N-methyl/N-ethyl adjacent to an activating group) is 1. The Kier molecular flexibility index (Phi) is 6.68. The van der Waals surface area contributed by atoms with E-state index < -0.39 is 0 Å². The number of aryl methyl sites for hydroxylation is 2. The molecule has 0 aliphatic carbocycles. The fourth-order valence-corrected chi connectivity index (χ4v) is 1.64. The highest BCUT2D eigenvalue weighted by atomic mass is 16.5. The zero-order valence-electron chi connectivity index (χ0n) is 12.0. The molecule has 0 aliphatic heterocycles. The average molecular weight is 251 g/mol. The van der Waals surface area contributed by atoms with E-state index in [0.29, 0.717) is 6.61 Å². The van der Waals surface area contributed by atoms with E-state index in [1.54, 1.807) is 0 Å². The van der Waals surface area contributed by atoms with E-state index in [1.807, 2.05) is 19.1 Å². The van der Waals surface area contributed by atoms with Crippen LogP contribution < -0.4 is 10.1 Å². The first-order chi connectivity index (χ1) is 8.63. The lowest BCUT2D eigenvalue weighted by molar-refractivity contribution is 0.304. The highest BCUT2D eigenvalue weighted by molar-refractivity contribution is 5.29. The number of hydrogen-bond acceptors (Lipinski definition) is 4. The quantitative estimate of drug-likeness (QED) is 0.710. The molecule has 18 heavy (non-hydrogen) atoms. The standard InChI is InChI=1S/C14H25N3O/c1-5-13-14(7-6-12(2)16-13)18-11-9-15-8-10-17(3)4/h6-7,15H,5,8-11H2,1-4H3. The van der Waals surface area contributed by atoms with Crippen molar-refractivity contribution in [2.45, 2.75) is 20.3 Å². The minimum absolute atomic E-state index is 0.686. The summed E-state index contributed by atoms with van der Waals surface area (Å²) in [5, 5.41) is 3.35. The zero-order valence-corrected chi connectivity index (χ0v) is 12.0. The van der Waals surface area contributed by atoms with E-state index in [0.717, 1.165) is 43.2 Å². The van der Waals surface area contributed by atoms with Gasteiger partial charge < -0.3 is 15.0 Å². The molecule has 0 unspecified atom stereocenters. The van der Waals surface area contributed by atoms with Crippen molar-refractivity contribution in [3.8, 4) is 5.75 Å². The van der Waals surface area contributed by atoms with Crippen molar-refractivity contribution >= 4 is 0 Å². The van der Waals surface area contributed by atoms with Gasteiger partial charge in [0.25, 0.3) is 0 Å². The Labute approximate surface area is 110 Å². The number of pyridine rings is 1. The molecule has 1 aromatic heterocycles. The van der Waals surface area contributed by atoms with Gasteiger partial charge in [0.05, 0.1) is 5.69 Å². The van der Waals surface area contributed by atoms with Crippen molar-refractivity contribution in [2.75, 3.05) is 40.3 Å². The van der Waals surface area contributed by atoms with E-state index in [2.05, 4.69) is 36.2 Å². The molecule has 0 atom stereocenters. The summed E-state index contributed by atoms with van der Waals surface area (Å²) in [7, 11) is 4.15. The van der Waals surface area contributed by atoms with Gasteiger partial charge in [0, 0.05) is 25.3 Å². The van der Waals surface area contributed by atoms with Gasteiger partial charge in [-0.2, -0.15) is 0 Å². The largest absolute Gasteiger partial charge is 0.490 e. The summed E-state index contributed by atoms with van der Waals surface area (Å²) in [6.45, 7) is 7.70. The Hall–Kier alpha value is -1.13. The normalized spacial score (nSPS) is 10.9. The van der Waals surface area contributed by atoms with Crippen molar-refractivity contribution in [1.82, 2.24) is 15.2 Å². The summed E-state index contributed by atoms with van der Waals surface area (Å²) in [5.74, 6) is 0.914. The van der Waals surface area contributed by atoms with Crippen LogP contribution >= 0.6 is 0 Å². The molecule has 0 aliphatic rings. The topological polar surface area (TPSA) is 37.4 Å². The van der Waals surface area contributed by atoms with Gasteiger partial charge in [-0.15, -0.1) is 0 Å². The number of aromatic nitrogens is 1. The SMILES string of the molecule is CCc1nc(C)ccc1OCCNCCN(C)C. The molecule has 1 heterocycles. The molecule has 1 aromatic rings. The first kappa shape index (κ1) is 14.9. The fraction of sp³-hybridized carbons (Fsp3) is 0.643. The third kappa shape index (κ3) is 5.47. The highest BCUT2D eigenvalue weighted by Gasteiger charge is 2.03. The Balaban J connectivity index is 2.27. The maximum absolute atomic E-state index is 5.75. The van der Waals surface area contributed by atoms with Gasteiger partial charge in [0.1, 0.15) is 12.4 Å². The Morgan fingerprint density at radius 1 is 1.28 bits per heavy atom. The van der Waals surface area contributed by atoms with Crippen LogP contribution in [0, 0.1) is 6.92 Å². The monoisotopic (exact) mass is 251 g/mol. The first-order valence-corrected chi connectivity index (χ1v) is 6.58. The molecule has 4 heteroatoms. The van der Waals surface area contributed by atoms with Crippen LogP contribution in [0.3, 0.4) is 0 Å². The van der Waals surface area contributed by atoms with Crippen LogP contribution in [-0.4, -0.2) is 50.2 Å². The van der Waals surface area contributed by atoms with Gasteiger partial charge in [-0.1, -0.05) is 6.92 Å². The Bertz CT molecular complexity index is 353. The lowest BCUT2D eigenvalue weighted by atomic mass is 10.2. The van der Waals surface area contributed by atoms with E-state index in [9.17, 15) is 0 Å². The lowest BCUT2D eigenvalue weighted by Crippen LogP contribution is -2.29. The van der Waals surface area contributed by atoms with Crippen molar-refractivity contribution < 1.29 is 4.74 Å². The van der Waals surface area contributed by atoms with E-state index in [1.165, 1.54) is 0 Å². The molecule has 0 saturated carbocycles. The van der Waals surface area contributed by atoms with E-state index in [4.69, 9.17) is 4.74 Å². The minimum atomic E-state index is 0.686. The Morgan fingerprint density at radius 2 is 2.06 bits per heavy atom. The number of nitrogens with one attached hydrogen (secondary N) is 1. The third-order valence-electron chi connectivity index (χ3n) is 2.68. The highest BCUT2D eigenvalue weighted by Crippen LogP contribution is 2.16. The molecule has 0 aromatic carbocycles. The van der Waals surface area contributed by atoms with E-state index >= 15 is 0 Å². The van der Waals surface area contributed by atoms with Crippen molar-refractivity contribution in [3.05, 3.63) is 23.5 Å². The second-order valence-corrected chi connectivity index (χ2v) is 4.65. The minimum Gasteiger partial charge on any atom is -0.490 e. The predicted molar refractivity (Wildman–Crippen MR) is 75.3 cm³/mol. The number of nitrogens with zero attached hydrogens (tertiary/aromatic N) is 2. The molecule has 0 fully saturated rings. The molecule has 1 N–H and O–H groups in total. The van der Waals surface area contributed by atoms with Crippen molar-refractivity contribution in [3.63, 3.8) is 0 Å². The molecule has 4 nitrogen and oxygen atoms in total. The predicted octanol–water partition coefficient (Wildman–Crippen LogP) is 1.48. The van der Waals surface area contributed by atoms with Crippen LogP contribution in [0.15, 0.2) is 12.1 Å². The van der Waals surface area contributed by atoms with Gasteiger partial charge in [-0.25, -0.2) is 0 Å². The summed E-state index contributed by atoms with van der Waals surface area (Å²) < 4.78 is 5.75. The van der Waals surface area contributed by atoms with Crippen molar-refractivity contribution in [2.24, 2.45) is 0 Å². The number of hydrogen-bond donors (Lipinski definition) is 1. The van der Waals surface area contributed by atoms with Crippen LogP contribution in [0.2, 0.25) is 0 Å². The van der Waals surface area contributed by atoms with Crippen LogP contribution in [0.1, 0.15) is 18.3 Å². The smallest absolute Gasteiger partial charge is 0.140 e. The number of rotatable bonds is 8. The molecule has 102 valence electrons. The van der Waals surface area contributed by atoms with Crippen LogP contribution in [0.25, 0.3) is 0 Å². The van der Waals surface area contributed by atoms with Gasteiger partial charge in [-0.3, -0.25) is 4.98 Å². The van der Waals surface area contributed by atoms with E-state index in [-0.39, 0.29) is 0 Å². The molecule has 0 spiro atoms. The fourth-order valence-electron chi connectivity index (χ4n) is 1.64. The lowest BCUT2D eigenvalue weighted by Gasteiger charge is -2.12. The van der Waals surface area contributed by atoms with Crippen LogP contribution in [0.5, 0.6) is 5.75 Å². The molecular weight excluding hydrogens is 226 g/mol. The molecule has 0 radical (unpaired) electrons. The summed E-state index contributed by atoms with van der Waals surface area (Å²) in [6, 6.07) is 4.01. The van der Waals surface area contributed by atoms with Gasteiger partial charge in [0.2, 0.25) is 0 Å². The summed E-state index contributed by atoms with van der Waals surface area (Å²) in [6.07, 6.45) is 0.908. The van der Waals surface area contributed by atoms with Crippen molar-refractivity contribution in [1.29, 1.82) is 0 Å². The Morgan fingerprint density at radius 3 is 2.72 bits per heavy atom. The molecule has 1 rings (SSSR count). The zero-order chi connectivity index (χ0) is 13.4. The average Bonchev–Trinajstić information content (AvgIpc) is 2.34.